The van der Waals surface area contributed by atoms with Crippen molar-refractivity contribution in [1.82, 2.24) is 0 Å². The van der Waals surface area contributed by atoms with Crippen LogP contribution in [0.2, 0.25) is 5.02 Å². The molecule has 0 aliphatic rings. The number of rotatable bonds is 2. The number of benzene rings is 1. The zero-order chi connectivity index (χ0) is 9.26. The van der Waals surface area contributed by atoms with E-state index in [9.17, 15) is 0 Å². The SMILES string of the molecule is CSCc1cc2cc(Cl)ccc2o1. The third kappa shape index (κ3) is 1.84. The van der Waals surface area contributed by atoms with Gasteiger partial charge in [0, 0.05) is 10.4 Å². The topological polar surface area (TPSA) is 13.1 Å². The Balaban J connectivity index is 2.49. The lowest BCUT2D eigenvalue weighted by molar-refractivity contribution is 0.574. The first-order valence-electron chi connectivity index (χ1n) is 3.96. The van der Waals surface area contributed by atoms with E-state index in [0.29, 0.717) is 0 Å². The quantitative estimate of drug-likeness (QED) is 0.748. The molecule has 0 saturated heterocycles. The van der Waals surface area contributed by atoms with Gasteiger partial charge in [-0.1, -0.05) is 11.6 Å². The molecule has 0 unspecified atom stereocenters. The second-order valence-electron chi connectivity index (χ2n) is 2.83. The summed E-state index contributed by atoms with van der Waals surface area (Å²) in [6.07, 6.45) is 2.06. The molecule has 1 heterocycles. The Morgan fingerprint density at radius 1 is 1.38 bits per heavy atom. The molecule has 1 aromatic heterocycles. The molecule has 68 valence electrons. The van der Waals surface area contributed by atoms with Gasteiger partial charge in [-0.15, -0.1) is 0 Å². The van der Waals surface area contributed by atoms with Crippen molar-refractivity contribution in [3.8, 4) is 0 Å². The maximum atomic E-state index is 5.86. The van der Waals surface area contributed by atoms with Gasteiger partial charge in [0.05, 0.1) is 5.75 Å². The van der Waals surface area contributed by atoms with Crippen LogP contribution in [0.25, 0.3) is 11.0 Å². The van der Waals surface area contributed by atoms with Crippen LogP contribution in [0.1, 0.15) is 5.76 Å². The molecule has 0 fully saturated rings. The van der Waals surface area contributed by atoms with Gasteiger partial charge in [0.1, 0.15) is 11.3 Å². The molecule has 0 N–H and O–H groups in total. The first-order chi connectivity index (χ1) is 6.29. The summed E-state index contributed by atoms with van der Waals surface area (Å²) in [6.45, 7) is 0. The molecule has 13 heavy (non-hydrogen) atoms. The third-order valence-corrected chi connectivity index (χ3v) is 2.62. The molecular weight excluding hydrogens is 204 g/mol. The predicted molar refractivity (Wildman–Crippen MR) is 58.4 cm³/mol. The fourth-order valence-corrected chi connectivity index (χ4v) is 1.89. The molecule has 0 bridgehead atoms. The zero-order valence-corrected chi connectivity index (χ0v) is 8.78. The predicted octanol–water partition coefficient (Wildman–Crippen LogP) is 3.95. The Hall–Kier alpha value is -0.600. The normalized spacial score (nSPS) is 10.9. The zero-order valence-electron chi connectivity index (χ0n) is 7.21. The fourth-order valence-electron chi connectivity index (χ4n) is 1.28. The maximum Gasteiger partial charge on any atom is 0.134 e. The summed E-state index contributed by atoms with van der Waals surface area (Å²) in [5.74, 6) is 1.91. The molecule has 1 nitrogen and oxygen atoms in total. The number of thioether (sulfide) groups is 1. The highest BCUT2D eigenvalue weighted by molar-refractivity contribution is 7.97. The summed E-state index contributed by atoms with van der Waals surface area (Å²) in [5, 5.41) is 1.83. The maximum absolute atomic E-state index is 5.86. The van der Waals surface area contributed by atoms with Gasteiger partial charge in [0.15, 0.2) is 0 Å². The minimum atomic E-state index is 0.754. The molecule has 0 radical (unpaired) electrons. The van der Waals surface area contributed by atoms with Crippen LogP contribution in [0.15, 0.2) is 28.7 Å². The standard InChI is InChI=1S/C10H9ClOS/c1-13-6-9-5-7-4-8(11)2-3-10(7)12-9/h2-5H,6H2,1H3. The van der Waals surface area contributed by atoms with Crippen molar-refractivity contribution in [1.29, 1.82) is 0 Å². The first-order valence-corrected chi connectivity index (χ1v) is 5.73. The summed E-state index contributed by atoms with van der Waals surface area (Å²) in [5.41, 5.74) is 0.911. The Morgan fingerprint density at radius 2 is 2.23 bits per heavy atom. The van der Waals surface area contributed by atoms with Crippen molar-refractivity contribution in [3.63, 3.8) is 0 Å². The molecule has 2 rings (SSSR count). The van der Waals surface area contributed by atoms with Crippen molar-refractivity contribution >= 4 is 34.3 Å². The Kier molecular flexibility index (Phi) is 2.51. The Bertz CT molecular complexity index is 422. The van der Waals surface area contributed by atoms with E-state index in [2.05, 4.69) is 6.26 Å². The second-order valence-corrected chi connectivity index (χ2v) is 4.13. The fraction of sp³-hybridized carbons (Fsp3) is 0.200. The van der Waals surface area contributed by atoms with Crippen LogP contribution in [0.4, 0.5) is 0 Å². The third-order valence-electron chi connectivity index (χ3n) is 1.82. The number of fused-ring (bicyclic) bond motifs is 1. The highest BCUT2D eigenvalue weighted by atomic mass is 35.5. The van der Waals surface area contributed by atoms with Crippen molar-refractivity contribution in [3.05, 3.63) is 35.0 Å². The van der Waals surface area contributed by atoms with Crippen LogP contribution in [-0.2, 0) is 5.75 Å². The largest absolute Gasteiger partial charge is 0.460 e. The minimum absolute atomic E-state index is 0.754. The van der Waals surface area contributed by atoms with E-state index in [-0.39, 0.29) is 0 Å². The van der Waals surface area contributed by atoms with Gasteiger partial charge < -0.3 is 4.42 Å². The molecule has 1 aromatic carbocycles. The molecule has 0 saturated carbocycles. The molecule has 0 aliphatic carbocycles. The van der Waals surface area contributed by atoms with Gasteiger partial charge in [-0.25, -0.2) is 0 Å². The van der Waals surface area contributed by atoms with Gasteiger partial charge in [0.2, 0.25) is 0 Å². The van der Waals surface area contributed by atoms with E-state index in [1.807, 2.05) is 24.3 Å². The van der Waals surface area contributed by atoms with E-state index in [4.69, 9.17) is 16.0 Å². The lowest BCUT2D eigenvalue weighted by atomic mass is 10.2. The van der Waals surface area contributed by atoms with E-state index >= 15 is 0 Å². The summed E-state index contributed by atoms with van der Waals surface area (Å²) >= 11 is 7.61. The average Bonchev–Trinajstić information content (AvgIpc) is 2.46. The van der Waals surface area contributed by atoms with Crippen molar-refractivity contribution in [2.45, 2.75) is 5.75 Å². The summed E-state index contributed by atoms with van der Waals surface area (Å²) in [4.78, 5) is 0. The lowest BCUT2D eigenvalue weighted by Crippen LogP contribution is -1.69. The molecular formula is C10H9ClOS. The van der Waals surface area contributed by atoms with E-state index in [1.54, 1.807) is 11.8 Å². The van der Waals surface area contributed by atoms with E-state index in [0.717, 1.165) is 27.5 Å². The number of hydrogen-bond acceptors (Lipinski definition) is 2. The van der Waals surface area contributed by atoms with Gasteiger partial charge in [-0.3, -0.25) is 0 Å². The van der Waals surface area contributed by atoms with Crippen molar-refractivity contribution in [2.24, 2.45) is 0 Å². The number of furan rings is 1. The summed E-state index contributed by atoms with van der Waals surface area (Å²) in [6, 6.07) is 7.71. The second kappa shape index (κ2) is 3.64. The van der Waals surface area contributed by atoms with Crippen LogP contribution >= 0.6 is 23.4 Å². The lowest BCUT2D eigenvalue weighted by Gasteiger charge is -1.88. The highest BCUT2D eigenvalue weighted by Gasteiger charge is 2.02. The molecule has 0 atom stereocenters. The molecule has 3 heteroatoms. The summed E-state index contributed by atoms with van der Waals surface area (Å²) < 4.78 is 5.58. The van der Waals surface area contributed by atoms with E-state index in [1.165, 1.54) is 0 Å². The van der Waals surface area contributed by atoms with Crippen LogP contribution in [-0.4, -0.2) is 6.26 Å². The van der Waals surface area contributed by atoms with Gasteiger partial charge in [-0.2, -0.15) is 11.8 Å². The molecule has 2 aromatic rings. The van der Waals surface area contributed by atoms with Gasteiger partial charge >= 0.3 is 0 Å². The minimum Gasteiger partial charge on any atom is -0.460 e. The molecule has 0 spiro atoms. The van der Waals surface area contributed by atoms with Gasteiger partial charge in [-0.05, 0) is 30.5 Å². The Morgan fingerprint density at radius 3 is 3.00 bits per heavy atom. The van der Waals surface area contributed by atoms with Crippen LogP contribution < -0.4 is 0 Å². The highest BCUT2D eigenvalue weighted by Crippen LogP contribution is 2.24. The van der Waals surface area contributed by atoms with Crippen LogP contribution in [0.5, 0.6) is 0 Å². The monoisotopic (exact) mass is 212 g/mol. The number of halogens is 1. The first kappa shape index (κ1) is 8.97. The molecule has 0 amide bonds. The Labute approximate surface area is 86.1 Å². The average molecular weight is 213 g/mol. The van der Waals surface area contributed by atoms with Crippen molar-refractivity contribution in [2.75, 3.05) is 6.26 Å². The van der Waals surface area contributed by atoms with Gasteiger partial charge in [0.25, 0.3) is 0 Å². The van der Waals surface area contributed by atoms with Crippen LogP contribution in [0, 0.1) is 0 Å². The number of hydrogen-bond donors (Lipinski definition) is 0. The van der Waals surface area contributed by atoms with Crippen LogP contribution in [0.3, 0.4) is 0 Å². The van der Waals surface area contributed by atoms with E-state index < -0.39 is 0 Å². The van der Waals surface area contributed by atoms with Crippen molar-refractivity contribution < 1.29 is 4.42 Å². The molecule has 0 aliphatic heterocycles. The smallest absolute Gasteiger partial charge is 0.134 e. The summed E-state index contributed by atoms with van der Waals surface area (Å²) in [7, 11) is 0.